The summed E-state index contributed by atoms with van der Waals surface area (Å²) in [6.07, 6.45) is 10.2. The molecule has 144 valence electrons. The summed E-state index contributed by atoms with van der Waals surface area (Å²) in [5.41, 5.74) is 0.309. The summed E-state index contributed by atoms with van der Waals surface area (Å²) in [5.74, 6) is 0. The van der Waals surface area contributed by atoms with Gasteiger partial charge in [0, 0.05) is 27.1 Å². The highest BCUT2D eigenvalue weighted by Gasteiger charge is 2.14. The second kappa shape index (κ2) is 9.71. The largest absolute Gasteiger partial charge is 0.332 e. The van der Waals surface area contributed by atoms with Crippen LogP contribution in [-0.2, 0) is 25.4 Å². The van der Waals surface area contributed by atoms with Crippen molar-refractivity contribution in [1.82, 2.24) is 18.7 Å². The Morgan fingerprint density at radius 1 is 1.00 bits per heavy atom. The minimum atomic E-state index is -0.310. The van der Waals surface area contributed by atoms with Crippen LogP contribution in [-0.4, -0.2) is 23.9 Å². The molecule has 26 heavy (non-hydrogen) atoms. The molecule has 0 radical (unpaired) electrons. The molecule has 0 saturated heterocycles. The topological polar surface area (TPSA) is 78.9 Å². The molecular formula is C18H27ClN4O3. The lowest BCUT2D eigenvalue weighted by Gasteiger charge is -2.08. The smallest absolute Gasteiger partial charge is 0.328 e. The lowest BCUT2D eigenvalue weighted by Crippen LogP contribution is -2.39. The molecular weight excluding hydrogens is 356 g/mol. The Labute approximate surface area is 157 Å². The molecule has 0 fully saturated rings. The fourth-order valence-electron chi connectivity index (χ4n) is 3.19. The molecule has 0 amide bonds. The molecule has 0 aliphatic heterocycles. The van der Waals surface area contributed by atoms with Crippen LogP contribution in [0.1, 0.15) is 57.8 Å². The van der Waals surface area contributed by atoms with Gasteiger partial charge in [-0.2, -0.15) is 0 Å². The molecule has 2 rings (SSSR count). The van der Waals surface area contributed by atoms with Crippen molar-refractivity contribution in [2.45, 2.75) is 64.3 Å². The number of fused-ring (bicyclic) bond motifs is 1. The summed E-state index contributed by atoms with van der Waals surface area (Å²) in [5, 5.41) is -0.254. The van der Waals surface area contributed by atoms with E-state index in [9.17, 15) is 14.4 Å². The van der Waals surface area contributed by atoms with E-state index in [4.69, 9.17) is 11.6 Å². The zero-order valence-corrected chi connectivity index (χ0v) is 16.3. The standard InChI is InChI=1S/C18H27ClN4O3/c1-21-13-20-16-15(21)17(25)23(18(26)22(16)2)12-10-8-6-4-3-5-7-9-11-14(19)24/h13H,3-12H2,1-2H3. The number of aromatic nitrogens is 4. The summed E-state index contributed by atoms with van der Waals surface area (Å²) in [4.78, 5) is 39.7. The van der Waals surface area contributed by atoms with Gasteiger partial charge in [-0.25, -0.2) is 9.78 Å². The minimum absolute atomic E-state index is 0.254. The highest BCUT2D eigenvalue weighted by Crippen LogP contribution is 2.11. The van der Waals surface area contributed by atoms with Crippen LogP contribution >= 0.6 is 11.6 Å². The van der Waals surface area contributed by atoms with Crippen molar-refractivity contribution >= 4 is 28.0 Å². The van der Waals surface area contributed by atoms with Crippen LogP contribution in [0, 0.1) is 0 Å². The third kappa shape index (κ3) is 5.06. The monoisotopic (exact) mass is 382 g/mol. The molecule has 8 heteroatoms. The Morgan fingerprint density at radius 3 is 2.19 bits per heavy atom. The van der Waals surface area contributed by atoms with E-state index in [0.29, 0.717) is 24.1 Å². The SMILES string of the molecule is Cn1cnc2c1c(=O)n(CCCCCCCCCCC(=O)Cl)c(=O)n2C. The fraction of sp³-hybridized carbons (Fsp3) is 0.667. The van der Waals surface area contributed by atoms with Crippen LogP contribution in [0.25, 0.3) is 11.2 Å². The third-order valence-corrected chi connectivity index (χ3v) is 4.90. The van der Waals surface area contributed by atoms with Crippen molar-refractivity contribution in [2.24, 2.45) is 14.1 Å². The van der Waals surface area contributed by atoms with Gasteiger partial charge in [0.05, 0.1) is 6.33 Å². The lowest BCUT2D eigenvalue weighted by molar-refractivity contribution is -0.111. The first-order valence-corrected chi connectivity index (χ1v) is 9.60. The molecule has 7 nitrogen and oxygen atoms in total. The molecule has 0 saturated carbocycles. The second-order valence-corrected chi connectivity index (χ2v) is 7.18. The number of imidazole rings is 1. The molecule has 0 atom stereocenters. The Hall–Kier alpha value is -1.89. The van der Waals surface area contributed by atoms with Crippen molar-refractivity contribution in [3.8, 4) is 0 Å². The normalized spacial score (nSPS) is 11.3. The fourth-order valence-corrected chi connectivity index (χ4v) is 3.32. The molecule has 0 bridgehead atoms. The highest BCUT2D eigenvalue weighted by molar-refractivity contribution is 6.63. The van der Waals surface area contributed by atoms with Crippen LogP contribution in [0.15, 0.2) is 15.9 Å². The average Bonchev–Trinajstić information content (AvgIpc) is 2.99. The van der Waals surface area contributed by atoms with Gasteiger partial charge in [0.1, 0.15) is 0 Å². The molecule has 0 N–H and O–H groups in total. The number of hydrogen-bond acceptors (Lipinski definition) is 4. The summed E-state index contributed by atoms with van der Waals surface area (Å²) >= 11 is 5.30. The first kappa shape index (κ1) is 20.4. The van der Waals surface area contributed by atoms with Gasteiger partial charge in [-0.1, -0.05) is 38.5 Å². The number of nitrogens with zero attached hydrogens (tertiary/aromatic N) is 4. The first-order chi connectivity index (χ1) is 12.4. The van der Waals surface area contributed by atoms with E-state index in [0.717, 1.165) is 51.4 Å². The van der Waals surface area contributed by atoms with Crippen molar-refractivity contribution in [2.75, 3.05) is 0 Å². The van der Waals surface area contributed by atoms with E-state index in [2.05, 4.69) is 4.98 Å². The summed E-state index contributed by atoms with van der Waals surface area (Å²) in [6, 6.07) is 0. The van der Waals surface area contributed by atoms with Crippen molar-refractivity contribution < 1.29 is 4.79 Å². The van der Waals surface area contributed by atoms with Crippen LogP contribution < -0.4 is 11.2 Å². The van der Waals surface area contributed by atoms with Gasteiger partial charge in [-0.15, -0.1) is 0 Å². The van der Waals surface area contributed by atoms with Crippen molar-refractivity contribution in [3.63, 3.8) is 0 Å². The number of carbonyl (C=O) groups excluding carboxylic acids is 1. The lowest BCUT2D eigenvalue weighted by atomic mass is 10.1. The summed E-state index contributed by atoms with van der Waals surface area (Å²) in [7, 11) is 3.40. The quantitative estimate of drug-likeness (QED) is 0.442. The predicted molar refractivity (Wildman–Crippen MR) is 103 cm³/mol. The second-order valence-electron chi connectivity index (χ2n) is 6.76. The van der Waals surface area contributed by atoms with Gasteiger partial charge in [0.25, 0.3) is 5.56 Å². The average molecular weight is 383 g/mol. The Balaban J connectivity index is 1.77. The number of hydrogen-bond donors (Lipinski definition) is 0. The minimum Gasteiger partial charge on any atom is -0.328 e. The molecule has 2 aromatic heterocycles. The Bertz CT molecular complexity index is 866. The van der Waals surface area contributed by atoms with E-state index >= 15 is 0 Å². The third-order valence-electron chi connectivity index (χ3n) is 4.71. The maximum absolute atomic E-state index is 12.6. The molecule has 2 aromatic rings. The van der Waals surface area contributed by atoms with E-state index in [1.807, 2.05) is 0 Å². The van der Waals surface area contributed by atoms with Crippen molar-refractivity contribution in [1.29, 1.82) is 0 Å². The Morgan fingerprint density at radius 2 is 1.58 bits per heavy atom. The first-order valence-electron chi connectivity index (χ1n) is 9.22. The number of halogens is 1. The predicted octanol–water partition coefficient (Wildman–Crippen LogP) is 2.71. The van der Waals surface area contributed by atoms with Crippen molar-refractivity contribution in [3.05, 3.63) is 27.2 Å². The molecule has 0 spiro atoms. The van der Waals surface area contributed by atoms with Crippen LogP contribution in [0.3, 0.4) is 0 Å². The van der Waals surface area contributed by atoms with Crippen LogP contribution in [0.5, 0.6) is 0 Å². The molecule has 0 aromatic carbocycles. The van der Waals surface area contributed by atoms with E-state index < -0.39 is 0 Å². The van der Waals surface area contributed by atoms with E-state index in [-0.39, 0.29) is 16.5 Å². The van der Waals surface area contributed by atoms with E-state index in [1.165, 1.54) is 9.13 Å². The van der Waals surface area contributed by atoms with Gasteiger partial charge >= 0.3 is 5.69 Å². The van der Waals surface area contributed by atoms with Gasteiger partial charge in [-0.05, 0) is 24.4 Å². The summed E-state index contributed by atoms with van der Waals surface area (Å²) in [6.45, 7) is 0.435. The number of rotatable bonds is 11. The van der Waals surface area contributed by atoms with Gasteiger partial charge in [0.15, 0.2) is 11.2 Å². The highest BCUT2D eigenvalue weighted by atomic mass is 35.5. The maximum Gasteiger partial charge on any atom is 0.332 e. The van der Waals surface area contributed by atoms with Gasteiger partial charge in [-0.3, -0.25) is 18.7 Å². The van der Waals surface area contributed by atoms with Gasteiger partial charge < -0.3 is 4.57 Å². The number of aryl methyl sites for hydroxylation is 2. The maximum atomic E-state index is 12.6. The van der Waals surface area contributed by atoms with Crippen LogP contribution in [0.2, 0.25) is 0 Å². The molecule has 0 unspecified atom stereocenters. The van der Waals surface area contributed by atoms with Gasteiger partial charge in [0.2, 0.25) is 5.24 Å². The molecule has 0 aliphatic rings. The van der Waals surface area contributed by atoms with Crippen LogP contribution in [0.4, 0.5) is 0 Å². The zero-order valence-electron chi connectivity index (χ0n) is 15.5. The molecule has 0 aliphatic carbocycles. The van der Waals surface area contributed by atoms with E-state index in [1.54, 1.807) is 25.0 Å². The summed E-state index contributed by atoms with van der Waals surface area (Å²) < 4.78 is 4.40. The molecule has 2 heterocycles. The number of unbranched alkanes of at least 4 members (excludes halogenated alkanes) is 7. The number of carbonyl (C=O) groups is 1. The Kier molecular flexibility index (Phi) is 7.63. The zero-order chi connectivity index (χ0) is 19.1.